The summed E-state index contributed by atoms with van der Waals surface area (Å²) in [6.45, 7) is 5.81. The molecular formula is C28H36N2O4. The number of methoxy groups -OCH3 is 3. The van der Waals surface area contributed by atoms with Crippen LogP contribution in [0, 0.1) is 5.92 Å². The van der Waals surface area contributed by atoms with Gasteiger partial charge in [-0.15, -0.1) is 0 Å². The molecule has 0 fully saturated rings. The van der Waals surface area contributed by atoms with Gasteiger partial charge in [0.1, 0.15) is 0 Å². The predicted molar refractivity (Wildman–Crippen MR) is 135 cm³/mol. The highest BCUT2D eigenvalue weighted by atomic mass is 16.5. The van der Waals surface area contributed by atoms with E-state index in [9.17, 15) is 4.79 Å². The van der Waals surface area contributed by atoms with Crippen molar-refractivity contribution in [3.8, 4) is 17.2 Å². The number of carbonyl (C=O) groups excluding carboxylic acids is 1. The summed E-state index contributed by atoms with van der Waals surface area (Å²) in [6, 6.07) is 10.3. The minimum absolute atomic E-state index is 0.0828. The van der Waals surface area contributed by atoms with Crippen LogP contribution in [0.2, 0.25) is 0 Å². The number of hydrogen-bond donors (Lipinski definition) is 1. The van der Waals surface area contributed by atoms with Crippen LogP contribution in [0.15, 0.2) is 42.5 Å². The number of amides is 1. The summed E-state index contributed by atoms with van der Waals surface area (Å²) in [4.78, 5) is 15.2. The summed E-state index contributed by atoms with van der Waals surface area (Å²) in [5.41, 5.74) is 4.13. The molecular weight excluding hydrogens is 428 g/mol. The van der Waals surface area contributed by atoms with Gasteiger partial charge in [-0.05, 0) is 66.6 Å². The topological polar surface area (TPSA) is 60.0 Å². The monoisotopic (exact) mass is 464 g/mol. The summed E-state index contributed by atoms with van der Waals surface area (Å²) in [7, 11) is 4.90. The lowest BCUT2D eigenvalue weighted by molar-refractivity contribution is 0.0755. The molecule has 1 N–H and O–H groups in total. The molecule has 6 nitrogen and oxygen atoms in total. The quantitative estimate of drug-likeness (QED) is 0.475. The van der Waals surface area contributed by atoms with E-state index >= 15 is 0 Å². The van der Waals surface area contributed by atoms with E-state index in [1.807, 2.05) is 23.1 Å². The summed E-state index contributed by atoms with van der Waals surface area (Å²) in [5, 5.41) is 3.75. The molecule has 0 saturated carbocycles. The van der Waals surface area contributed by atoms with Gasteiger partial charge in [-0.2, -0.15) is 0 Å². The molecule has 1 amide bonds. The Morgan fingerprint density at radius 3 is 2.26 bits per heavy atom. The summed E-state index contributed by atoms with van der Waals surface area (Å²) < 4.78 is 16.7. The molecule has 3 atom stereocenters. The number of hydrogen-bond acceptors (Lipinski definition) is 5. The van der Waals surface area contributed by atoms with Crippen LogP contribution in [-0.2, 0) is 0 Å². The molecule has 3 unspecified atom stereocenters. The van der Waals surface area contributed by atoms with Crippen molar-refractivity contribution in [2.75, 3.05) is 39.7 Å². The van der Waals surface area contributed by atoms with Gasteiger partial charge in [-0.25, -0.2) is 0 Å². The molecule has 0 saturated heterocycles. The molecule has 182 valence electrons. The Morgan fingerprint density at radius 1 is 1.00 bits per heavy atom. The van der Waals surface area contributed by atoms with Crippen LogP contribution in [0.5, 0.6) is 17.2 Å². The second kappa shape index (κ2) is 10.4. The maximum absolute atomic E-state index is 13.2. The third-order valence-corrected chi connectivity index (χ3v) is 6.93. The fraction of sp³-hybridized carbons (Fsp3) is 0.464. The van der Waals surface area contributed by atoms with Crippen LogP contribution in [-0.4, -0.2) is 45.2 Å². The molecule has 1 heterocycles. The zero-order valence-electron chi connectivity index (χ0n) is 20.9. The predicted octanol–water partition coefficient (Wildman–Crippen LogP) is 5.80. The molecule has 0 spiro atoms. The van der Waals surface area contributed by atoms with Crippen LogP contribution in [0.25, 0.3) is 0 Å². The number of benzene rings is 2. The van der Waals surface area contributed by atoms with Crippen LogP contribution >= 0.6 is 0 Å². The van der Waals surface area contributed by atoms with Crippen LogP contribution < -0.4 is 19.5 Å². The molecule has 4 rings (SSSR count). The van der Waals surface area contributed by atoms with Crippen LogP contribution in [0.4, 0.5) is 5.69 Å². The van der Waals surface area contributed by atoms with Gasteiger partial charge in [0.2, 0.25) is 5.75 Å². The second-order valence-electron chi connectivity index (χ2n) is 9.03. The number of allylic oxidation sites excluding steroid dienone is 2. The third kappa shape index (κ3) is 4.33. The normalized spacial score (nSPS) is 20.2. The van der Waals surface area contributed by atoms with Gasteiger partial charge in [-0.3, -0.25) is 4.79 Å². The van der Waals surface area contributed by atoms with Crippen molar-refractivity contribution in [1.82, 2.24) is 4.90 Å². The lowest BCUT2D eigenvalue weighted by atomic mass is 9.76. The van der Waals surface area contributed by atoms with Crippen molar-refractivity contribution in [2.45, 2.75) is 45.1 Å². The lowest BCUT2D eigenvalue weighted by Crippen LogP contribution is -2.33. The Kier molecular flexibility index (Phi) is 7.35. The maximum Gasteiger partial charge on any atom is 0.253 e. The highest BCUT2D eigenvalue weighted by Crippen LogP contribution is 2.51. The SMILES string of the molecule is CCCN(CCC)C(=O)c1ccc2c(c1)C1C=CCC1C(c1cc(OC)c(OC)c(OC)c1)N2. The molecule has 1 aliphatic heterocycles. The molecule has 6 heteroatoms. The van der Waals surface area contributed by atoms with Gasteiger partial charge in [0.05, 0.1) is 27.4 Å². The van der Waals surface area contributed by atoms with Crippen molar-refractivity contribution in [3.05, 3.63) is 59.2 Å². The summed E-state index contributed by atoms with van der Waals surface area (Å²) in [6.07, 6.45) is 7.43. The number of nitrogens with zero attached hydrogens (tertiary/aromatic N) is 1. The van der Waals surface area contributed by atoms with Crippen molar-refractivity contribution in [2.24, 2.45) is 5.92 Å². The lowest BCUT2D eigenvalue weighted by Gasteiger charge is -2.38. The molecule has 0 radical (unpaired) electrons. The van der Waals surface area contributed by atoms with Crippen LogP contribution in [0.1, 0.15) is 66.6 Å². The van der Waals surface area contributed by atoms with Crippen molar-refractivity contribution in [3.63, 3.8) is 0 Å². The Labute approximate surface area is 202 Å². The van der Waals surface area contributed by atoms with E-state index in [1.54, 1.807) is 21.3 Å². The van der Waals surface area contributed by atoms with E-state index < -0.39 is 0 Å². The van der Waals surface area contributed by atoms with Gasteiger partial charge < -0.3 is 24.4 Å². The first kappa shape index (κ1) is 24.0. The van der Waals surface area contributed by atoms with Gasteiger partial charge >= 0.3 is 0 Å². The fourth-order valence-corrected chi connectivity index (χ4v) is 5.38. The molecule has 0 bridgehead atoms. The minimum Gasteiger partial charge on any atom is -0.493 e. The molecule has 2 aliphatic rings. The van der Waals surface area contributed by atoms with Crippen molar-refractivity contribution < 1.29 is 19.0 Å². The van der Waals surface area contributed by atoms with E-state index in [0.29, 0.717) is 23.2 Å². The Bertz CT molecular complexity index is 1030. The zero-order chi connectivity index (χ0) is 24.2. The van der Waals surface area contributed by atoms with Gasteiger partial charge in [-0.1, -0.05) is 26.0 Å². The average Bonchev–Trinajstić information content (AvgIpc) is 3.36. The van der Waals surface area contributed by atoms with Crippen LogP contribution in [0.3, 0.4) is 0 Å². The van der Waals surface area contributed by atoms with E-state index in [2.05, 4.69) is 43.4 Å². The summed E-state index contributed by atoms with van der Waals surface area (Å²) >= 11 is 0. The Morgan fingerprint density at radius 2 is 1.68 bits per heavy atom. The smallest absolute Gasteiger partial charge is 0.253 e. The molecule has 1 aliphatic carbocycles. The Hall–Kier alpha value is -3.15. The van der Waals surface area contributed by atoms with Gasteiger partial charge in [0.25, 0.3) is 5.91 Å². The number of fused-ring (bicyclic) bond motifs is 3. The number of nitrogens with one attached hydrogen (secondary N) is 1. The standard InChI is InChI=1S/C28H36N2O4/c1-6-13-30(14-7-2)28(31)18-11-12-23-22(15-18)20-9-8-10-21(20)26(29-23)19-16-24(32-3)27(34-5)25(17-19)33-4/h8-9,11-12,15-17,20-21,26,29H,6-7,10,13-14H2,1-5H3. The fourth-order valence-electron chi connectivity index (χ4n) is 5.38. The number of ether oxygens (including phenoxy) is 3. The van der Waals surface area contributed by atoms with Gasteiger partial charge in [0, 0.05) is 30.3 Å². The zero-order valence-corrected chi connectivity index (χ0v) is 20.9. The molecule has 0 aromatic heterocycles. The van der Waals surface area contributed by atoms with E-state index in [4.69, 9.17) is 14.2 Å². The van der Waals surface area contributed by atoms with E-state index in [0.717, 1.165) is 49.2 Å². The largest absolute Gasteiger partial charge is 0.493 e. The average molecular weight is 465 g/mol. The third-order valence-electron chi connectivity index (χ3n) is 6.93. The molecule has 34 heavy (non-hydrogen) atoms. The van der Waals surface area contributed by atoms with Crippen molar-refractivity contribution >= 4 is 11.6 Å². The second-order valence-corrected chi connectivity index (χ2v) is 9.03. The van der Waals surface area contributed by atoms with E-state index in [1.165, 1.54) is 5.56 Å². The number of carbonyl (C=O) groups is 1. The highest BCUT2D eigenvalue weighted by Gasteiger charge is 2.39. The first-order valence-electron chi connectivity index (χ1n) is 12.2. The minimum atomic E-state index is 0.0828. The maximum atomic E-state index is 13.2. The number of rotatable bonds is 9. The first-order valence-corrected chi connectivity index (χ1v) is 12.2. The van der Waals surface area contributed by atoms with Crippen molar-refractivity contribution in [1.29, 1.82) is 0 Å². The first-order chi connectivity index (χ1) is 16.6. The molecule has 2 aromatic rings. The summed E-state index contributed by atoms with van der Waals surface area (Å²) in [5.74, 6) is 2.61. The van der Waals surface area contributed by atoms with Gasteiger partial charge in [0.15, 0.2) is 11.5 Å². The highest BCUT2D eigenvalue weighted by molar-refractivity contribution is 5.95. The molecule has 2 aromatic carbocycles. The number of anilines is 1. The van der Waals surface area contributed by atoms with E-state index in [-0.39, 0.29) is 17.9 Å². The Balaban J connectivity index is 1.70.